The SMILES string of the molecule is CC(=O)NC(Cc1ccc(C(=O)c2ccccc2)cc1)C(=O)CCCCCCC(=O)O. The molecule has 0 aromatic heterocycles. The first-order chi connectivity index (χ1) is 14.9. The van der Waals surface area contributed by atoms with Crippen molar-refractivity contribution in [1.82, 2.24) is 5.32 Å². The van der Waals surface area contributed by atoms with Crippen molar-refractivity contribution >= 4 is 23.4 Å². The van der Waals surface area contributed by atoms with Crippen LogP contribution < -0.4 is 5.32 Å². The van der Waals surface area contributed by atoms with Gasteiger partial charge in [0.15, 0.2) is 11.6 Å². The van der Waals surface area contributed by atoms with E-state index in [1.54, 1.807) is 24.3 Å². The third kappa shape index (κ3) is 8.54. The molecule has 1 unspecified atom stereocenters. The van der Waals surface area contributed by atoms with Gasteiger partial charge in [-0.05, 0) is 24.8 Å². The second-order valence-corrected chi connectivity index (χ2v) is 7.62. The number of ketones is 2. The van der Waals surface area contributed by atoms with Crippen molar-refractivity contribution in [2.45, 2.75) is 57.9 Å². The van der Waals surface area contributed by atoms with Crippen LogP contribution in [0.15, 0.2) is 54.6 Å². The highest BCUT2D eigenvalue weighted by Crippen LogP contribution is 2.14. The third-order valence-corrected chi connectivity index (χ3v) is 5.02. The number of carbonyl (C=O) groups is 4. The Morgan fingerprint density at radius 1 is 0.806 bits per heavy atom. The second-order valence-electron chi connectivity index (χ2n) is 7.62. The molecule has 31 heavy (non-hydrogen) atoms. The van der Waals surface area contributed by atoms with Crippen LogP contribution in [0.5, 0.6) is 0 Å². The summed E-state index contributed by atoms with van der Waals surface area (Å²) in [7, 11) is 0. The first-order valence-electron chi connectivity index (χ1n) is 10.6. The number of hydrogen-bond donors (Lipinski definition) is 2. The van der Waals surface area contributed by atoms with Crippen LogP contribution in [0, 0.1) is 0 Å². The van der Waals surface area contributed by atoms with Gasteiger partial charge in [0, 0.05) is 30.9 Å². The Hall–Kier alpha value is -3.28. The summed E-state index contributed by atoms with van der Waals surface area (Å²) in [6, 6.07) is 15.5. The Balaban J connectivity index is 1.92. The fourth-order valence-corrected chi connectivity index (χ4v) is 3.38. The molecule has 0 aliphatic rings. The van der Waals surface area contributed by atoms with Gasteiger partial charge in [0.05, 0.1) is 6.04 Å². The largest absolute Gasteiger partial charge is 0.481 e. The second kappa shape index (κ2) is 12.4. The van der Waals surface area contributed by atoms with Gasteiger partial charge < -0.3 is 10.4 Å². The van der Waals surface area contributed by atoms with Gasteiger partial charge in [-0.25, -0.2) is 0 Å². The molecule has 0 bridgehead atoms. The smallest absolute Gasteiger partial charge is 0.303 e. The maximum Gasteiger partial charge on any atom is 0.303 e. The van der Waals surface area contributed by atoms with E-state index in [9.17, 15) is 19.2 Å². The molecule has 2 aromatic rings. The van der Waals surface area contributed by atoms with E-state index < -0.39 is 12.0 Å². The third-order valence-electron chi connectivity index (χ3n) is 5.02. The molecule has 0 spiro atoms. The van der Waals surface area contributed by atoms with E-state index in [1.807, 2.05) is 30.3 Å². The molecule has 1 atom stereocenters. The lowest BCUT2D eigenvalue weighted by Gasteiger charge is -2.17. The number of nitrogens with one attached hydrogen (secondary N) is 1. The monoisotopic (exact) mass is 423 g/mol. The molecule has 0 saturated heterocycles. The topological polar surface area (TPSA) is 101 Å². The van der Waals surface area contributed by atoms with Crippen LogP contribution in [0.1, 0.15) is 66.9 Å². The minimum absolute atomic E-state index is 0.0436. The summed E-state index contributed by atoms with van der Waals surface area (Å²) in [6.45, 7) is 1.38. The highest BCUT2D eigenvalue weighted by molar-refractivity contribution is 6.08. The van der Waals surface area contributed by atoms with Crippen molar-refractivity contribution in [2.75, 3.05) is 0 Å². The molecule has 6 heteroatoms. The number of carbonyl (C=O) groups excluding carboxylic acids is 3. The number of hydrogen-bond acceptors (Lipinski definition) is 4. The summed E-state index contributed by atoms with van der Waals surface area (Å²) in [5.74, 6) is -1.18. The summed E-state index contributed by atoms with van der Waals surface area (Å²) in [5.41, 5.74) is 2.04. The Morgan fingerprint density at radius 2 is 1.39 bits per heavy atom. The standard InChI is InChI=1S/C25H29NO5/c1-18(27)26-22(23(28)11-7-2-3-8-12-24(29)30)17-19-13-15-21(16-14-19)25(31)20-9-5-4-6-10-20/h4-6,9-10,13-16,22H,2-3,7-8,11-12,17H2,1H3,(H,26,27)(H,29,30). The van der Waals surface area contributed by atoms with E-state index in [4.69, 9.17) is 5.11 Å². The molecule has 0 fully saturated rings. The molecular formula is C25H29NO5. The lowest BCUT2D eigenvalue weighted by molar-refractivity contribution is -0.137. The summed E-state index contributed by atoms with van der Waals surface area (Å²) in [6.07, 6.45) is 3.65. The molecule has 1 amide bonds. The van der Waals surface area contributed by atoms with Gasteiger partial charge in [-0.2, -0.15) is 0 Å². The van der Waals surface area contributed by atoms with Gasteiger partial charge in [0.2, 0.25) is 5.91 Å². The number of carboxylic acids is 1. The average Bonchev–Trinajstić information content (AvgIpc) is 2.75. The number of Topliss-reactive ketones (excluding diaryl/α,β-unsaturated/α-hetero) is 1. The highest BCUT2D eigenvalue weighted by Gasteiger charge is 2.20. The Bertz CT molecular complexity index is 890. The molecule has 2 rings (SSSR count). The minimum atomic E-state index is -0.807. The molecule has 0 heterocycles. The fraction of sp³-hybridized carbons (Fsp3) is 0.360. The van der Waals surface area contributed by atoms with Gasteiger partial charge in [0.1, 0.15) is 0 Å². The van der Waals surface area contributed by atoms with Crippen molar-refractivity contribution < 1.29 is 24.3 Å². The van der Waals surface area contributed by atoms with Crippen molar-refractivity contribution in [2.24, 2.45) is 0 Å². The number of unbranched alkanes of at least 4 members (excludes halogenated alkanes) is 3. The molecular weight excluding hydrogens is 394 g/mol. The van der Waals surface area contributed by atoms with Crippen LogP contribution in [0.2, 0.25) is 0 Å². The molecule has 0 radical (unpaired) electrons. The number of benzene rings is 2. The lowest BCUT2D eigenvalue weighted by Crippen LogP contribution is -2.41. The van der Waals surface area contributed by atoms with Gasteiger partial charge in [-0.1, -0.05) is 67.4 Å². The zero-order chi connectivity index (χ0) is 22.6. The normalized spacial score (nSPS) is 11.5. The summed E-state index contributed by atoms with van der Waals surface area (Å²) in [5, 5.41) is 11.4. The number of carboxylic acid groups (broad SMARTS) is 1. The minimum Gasteiger partial charge on any atom is -0.481 e. The zero-order valence-electron chi connectivity index (χ0n) is 17.8. The van der Waals surface area contributed by atoms with E-state index in [0.717, 1.165) is 18.4 Å². The first kappa shape index (κ1) is 24.0. The van der Waals surface area contributed by atoms with E-state index in [0.29, 0.717) is 36.8 Å². The van der Waals surface area contributed by atoms with Gasteiger partial charge in [-0.3, -0.25) is 19.2 Å². The summed E-state index contributed by atoms with van der Waals surface area (Å²) >= 11 is 0. The van der Waals surface area contributed by atoms with Gasteiger partial charge in [-0.15, -0.1) is 0 Å². The van der Waals surface area contributed by atoms with E-state index in [2.05, 4.69) is 5.32 Å². The molecule has 2 N–H and O–H groups in total. The Kier molecular flexibility index (Phi) is 9.62. The highest BCUT2D eigenvalue weighted by atomic mass is 16.4. The maximum atomic E-state index is 12.6. The van der Waals surface area contributed by atoms with Crippen LogP contribution in [-0.4, -0.2) is 34.6 Å². The summed E-state index contributed by atoms with van der Waals surface area (Å²) in [4.78, 5) is 47.2. The van der Waals surface area contributed by atoms with Crippen LogP contribution in [0.25, 0.3) is 0 Å². The molecule has 0 aliphatic heterocycles. The quantitative estimate of drug-likeness (QED) is 0.375. The van der Waals surface area contributed by atoms with Crippen molar-refractivity contribution in [1.29, 1.82) is 0 Å². The Morgan fingerprint density at radius 3 is 1.97 bits per heavy atom. The van der Waals surface area contributed by atoms with E-state index in [-0.39, 0.29) is 23.9 Å². The predicted octanol–water partition coefficient (Wildman–Crippen LogP) is 3.96. The zero-order valence-corrected chi connectivity index (χ0v) is 17.8. The predicted molar refractivity (Wildman–Crippen MR) is 118 cm³/mol. The van der Waals surface area contributed by atoms with E-state index in [1.165, 1.54) is 6.92 Å². The van der Waals surface area contributed by atoms with Crippen LogP contribution in [0.4, 0.5) is 0 Å². The van der Waals surface area contributed by atoms with Crippen LogP contribution in [-0.2, 0) is 20.8 Å². The van der Waals surface area contributed by atoms with Gasteiger partial charge in [0.25, 0.3) is 0 Å². The average molecular weight is 424 g/mol. The first-order valence-corrected chi connectivity index (χ1v) is 10.6. The summed E-state index contributed by atoms with van der Waals surface area (Å²) < 4.78 is 0. The number of amides is 1. The molecule has 164 valence electrons. The number of rotatable bonds is 13. The fourth-order valence-electron chi connectivity index (χ4n) is 3.38. The molecule has 0 saturated carbocycles. The molecule has 0 aliphatic carbocycles. The van der Waals surface area contributed by atoms with Gasteiger partial charge >= 0.3 is 5.97 Å². The molecule has 6 nitrogen and oxygen atoms in total. The Labute approximate surface area is 182 Å². The lowest BCUT2D eigenvalue weighted by atomic mass is 9.96. The molecule has 2 aromatic carbocycles. The van der Waals surface area contributed by atoms with Crippen LogP contribution >= 0.6 is 0 Å². The van der Waals surface area contributed by atoms with Crippen molar-refractivity contribution in [3.05, 3.63) is 71.3 Å². The van der Waals surface area contributed by atoms with E-state index >= 15 is 0 Å². The van der Waals surface area contributed by atoms with Crippen molar-refractivity contribution in [3.63, 3.8) is 0 Å². The van der Waals surface area contributed by atoms with Crippen LogP contribution in [0.3, 0.4) is 0 Å². The number of aliphatic carboxylic acids is 1. The van der Waals surface area contributed by atoms with Crippen molar-refractivity contribution in [3.8, 4) is 0 Å². The maximum absolute atomic E-state index is 12.6.